The lowest BCUT2D eigenvalue weighted by molar-refractivity contribution is 0.0963. The van der Waals surface area contributed by atoms with Crippen molar-refractivity contribution in [1.29, 1.82) is 0 Å². The molecule has 2 N–H and O–H groups in total. The van der Waals surface area contributed by atoms with E-state index in [1.807, 2.05) is 0 Å². The van der Waals surface area contributed by atoms with Gasteiger partial charge < -0.3 is 15.0 Å². The lowest BCUT2D eigenvalue weighted by Crippen LogP contribution is -2.19. The van der Waals surface area contributed by atoms with Gasteiger partial charge in [0.05, 0.1) is 16.7 Å². The molecule has 0 atom stereocenters. The Morgan fingerprint density at radius 2 is 2.22 bits per heavy atom. The molecule has 2 aromatic rings. The number of nitrogens with one attached hydrogen (secondary N) is 2. The van der Waals surface area contributed by atoms with Crippen molar-refractivity contribution in [3.8, 4) is 0 Å². The fourth-order valence-electron chi connectivity index (χ4n) is 2.58. The molecule has 23 heavy (non-hydrogen) atoms. The van der Waals surface area contributed by atoms with Gasteiger partial charge in [0.2, 0.25) is 0 Å². The first-order chi connectivity index (χ1) is 11.2. The van der Waals surface area contributed by atoms with E-state index in [1.54, 1.807) is 37.0 Å². The SMILES string of the molecule is CNC(=O)c1ccc2c(=O)[nH]c(CSC3CCOCC3)nc2c1. The average Bonchev–Trinajstić information content (AvgIpc) is 2.59. The minimum atomic E-state index is -0.188. The third kappa shape index (κ3) is 3.73. The summed E-state index contributed by atoms with van der Waals surface area (Å²) >= 11 is 1.79. The molecule has 1 aliphatic heterocycles. The maximum atomic E-state index is 12.2. The molecule has 0 bridgehead atoms. The second-order valence-electron chi connectivity index (χ2n) is 5.45. The minimum absolute atomic E-state index is 0.166. The highest BCUT2D eigenvalue weighted by Gasteiger charge is 2.15. The molecule has 1 aromatic heterocycles. The molecule has 122 valence electrons. The van der Waals surface area contributed by atoms with Crippen LogP contribution in [0.2, 0.25) is 0 Å². The van der Waals surface area contributed by atoms with E-state index >= 15 is 0 Å². The van der Waals surface area contributed by atoms with E-state index in [9.17, 15) is 9.59 Å². The number of benzene rings is 1. The van der Waals surface area contributed by atoms with Gasteiger partial charge in [-0.25, -0.2) is 4.98 Å². The first kappa shape index (κ1) is 16.0. The van der Waals surface area contributed by atoms with Gasteiger partial charge in [-0.05, 0) is 31.0 Å². The standard InChI is InChI=1S/C16H19N3O3S/c1-17-15(20)10-2-3-12-13(8-10)18-14(19-16(12)21)9-23-11-4-6-22-7-5-11/h2-3,8,11H,4-7,9H2,1H3,(H,17,20)(H,18,19,21). The molecule has 6 nitrogen and oxygen atoms in total. The number of carbonyl (C=O) groups is 1. The van der Waals surface area contributed by atoms with Crippen LogP contribution in [0.1, 0.15) is 29.0 Å². The molecule has 7 heteroatoms. The smallest absolute Gasteiger partial charge is 0.258 e. The number of hydrogen-bond acceptors (Lipinski definition) is 5. The number of amides is 1. The molecule has 1 amide bonds. The molecule has 0 saturated carbocycles. The second kappa shape index (κ2) is 7.14. The minimum Gasteiger partial charge on any atom is -0.381 e. The Kier molecular flexibility index (Phi) is 4.97. The monoisotopic (exact) mass is 333 g/mol. The van der Waals surface area contributed by atoms with Crippen molar-refractivity contribution in [3.05, 3.63) is 39.9 Å². The number of ether oxygens (including phenoxy) is 1. The first-order valence-corrected chi connectivity index (χ1v) is 8.66. The number of nitrogens with zero attached hydrogens (tertiary/aromatic N) is 1. The molecule has 0 spiro atoms. The van der Waals surface area contributed by atoms with Crippen molar-refractivity contribution in [2.45, 2.75) is 23.8 Å². The molecule has 1 aromatic carbocycles. The third-order valence-corrected chi connectivity index (χ3v) is 5.25. The number of thioether (sulfide) groups is 1. The summed E-state index contributed by atoms with van der Waals surface area (Å²) in [5, 5.41) is 3.62. The van der Waals surface area contributed by atoms with E-state index in [0.29, 0.717) is 33.3 Å². The van der Waals surface area contributed by atoms with Gasteiger partial charge in [0, 0.05) is 31.1 Å². The number of fused-ring (bicyclic) bond motifs is 1. The molecule has 2 heterocycles. The van der Waals surface area contributed by atoms with Crippen LogP contribution in [-0.4, -0.2) is 41.4 Å². The largest absolute Gasteiger partial charge is 0.381 e. The van der Waals surface area contributed by atoms with Crippen LogP contribution < -0.4 is 10.9 Å². The van der Waals surface area contributed by atoms with Crippen molar-refractivity contribution in [1.82, 2.24) is 15.3 Å². The topological polar surface area (TPSA) is 84.1 Å². The average molecular weight is 333 g/mol. The van der Waals surface area contributed by atoms with Crippen molar-refractivity contribution in [2.24, 2.45) is 0 Å². The van der Waals surface area contributed by atoms with E-state index in [0.717, 1.165) is 26.1 Å². The lowest BCUT2D eigenvalue weighted by atomic mass is 10.1. The van der Waals surface area contributed by atoms with Crippen LogP contribution >= 0.6 is 11.8 Å². The number of carbonyl (C=O) groups excluding carboxylic acids is 1. The Morgan fingerprint density at radius 1 is 1.43 bits per heavy atom. The molecule has 3 rings (SSSR count). The normalized spacial score (nSPS) is 15.7. The summed E-state index contributed by atoms with van der Waals surface area (Å²) in [7, 11) is 1.58. The number of H-pyrrole nitrogens is 1. The zero-order chi connectivity index (χ0) is 16.2. The van der Waals surface area contributed by atoms with Gasteiger partial charge in [-0.15, -0.1) is 0 Å². The van der Waals surface area contributed by atoms with Gasteiger partial charge in [0.25, 0.3) is 11.5 Å². The number of rotatable bonds is 4. The predicted octanol–water partition coefficient (Wildman–Crippen LogP) is 1.69. The van der Waals surface area contributed by atoms with Gasteiger partial charge in [0.15, 0.2) is 0 Å². The molecule has 0 unspecified atom stereocenters. The molecular weight excluding hydrogens is 314 g/mol. The maximum absolute atomic E-state index is 12.2. The number of hydrogen-bond donors (Lipinski definition) is 2. The summed E-state index contributed by atoms with van der Waals surface area (Å²) in [5.74, 6) is 1.11. The Balaban J connectivity index is 1.83. The Labute approximate surface area is 138 Å². The van der Waals surface area contributed by atoms with Crippen molar-refractivity contribution >= 4 is 28.6 Å². The number of aromatic amines is 1. The summed E-state index contributed by atoms with van der Waals surface area (Å²) in [6.07, 6.45) is 2.06. The van der Waals surface area contributed by atoms with Gasteiger partial charge in [-0.3, -0.25) is 9.59 Å². The van der Waals surface area contributed by atoms with Gasteiger partial charge in [-0.2, -0.15) is 11.8 Å². The van der Waals surface area contributed by atoms with E-state index < -0.39 is 0 Å². The van der Waals surface area contributed by atoms with Crippen LogP contribution in [0.3, 0.4) is 0 Å². The summed E-state index contributed by atoms with van der Waals surface area (Å²) in [6.45, 7) is 1.60. The van der Waals surface area contributed by atoms with E-state index in [4.69, 9.17) is 4.74 Å². The van der Waals surface area contributed by atoms with E-state index in [1.165, 1.54) is 0 Å². The molecule has 1 fully saturated rings. The van der Waals surface area contributed by atoms with Gasteiger partial charge in [0.1, 0.15) is 5.82 Å². The zero-order valence-corrected chi connectivity index (χ0v) is 13.7. The van der Waals surface area contributed by atoms with Crippen LogP contribution in [-0.2, 0) is 10.5 Å². The van der Waals surface area contributed by atoms with E-state index in [-0.39, 0.29) is 11.5 Å². The van der Waals surface area contributed by atoms with Crippen LogP contribution in [0.5, 0.6) is 0 Å². The Bertz CT molecular complexity index is 769. The van der Waals surface area contributed by atoms with E-state index in [2.05, 4.69) is 15.3 Å². The lowest BCUT2D eigenvalue weighted by Gasteiger charge is -2.21. The highest BCUT2D eigenvalue weighted by molar-refractivity contribution is 7.99. The number of aromatic nitrogens is 2. The Morgan fingerprint density at radius 3 is 2.96 bits per heavy atom. The second-order valence-corrected chi connectivity index (χ2v) is 6.74. The van der Waals surface area contributed by atoms with Gasteiger partial charge >= 0.3 is 0 Å². The predicted molar refractivity (Wildman–Crippen MR) is 90.9 cm³/mol. The fourth-order valence-corrected chi connectivity index (χ4v) is 3.64. The molecule has 0 radical (unpaired) electrons. The van der Waals surface area contributed by atoms with Crippen molar-refractivity contribution < 1.29 is 9.53 Å². The fraction of sp³-hybridized carbons (Fsp3) is 0.438. The molecule has 1 aliphatic rings. The van der Waals surface area contributed by atoms with Crippen molar-refractivity contribution in [3.63, 3.8) is 0 Å². The summed E-state index contributed by atoms with van der Waals surface area (Å²) < 4.78 is 5.35. The van der Waals surface area contributed by atoms with Crippen LogP contribution in [0.4, 0.5) is 0 Å². The van der Waals surface area contributed by atoms with Crippen LogP contribution in [0, 0.1) is 0 Å². The first-order valence-electron chi connectivity index (χ1n) is 7.62. The summed E-state index contributed by atoms with van der Waals surface area (Å²) in [4.78, 5) is 31.2. The highest BCUT2D eigenvalue weighted by atomic mass is 32.2. The van der Waals surface area contributed by atoms with Crippen molar-refractivity contribution in [2.75, 3.05) is 20.3 Å². The van der Waals surface area contributed by atoms with Crippen LogP contribution in [0.25, 0.3) is 10.9 Å². The van der Waals surface area contributed by atoms with Gasteiger partial charge in [-0.1, -0.05) is 0 Å². The molecule has 0 aliphatic carbocycles. The quantitative estimate of drug-likeness (QED) is 0.889. The highest BCUT2D eigenvalue weighted by Crippen LogP contribution is 2.24. The summed E-state index contributed by atoms with van der Waals surface area (Å²) in [6, 6.07) is 4.93. The molecular formula is C16H19N3O3S. The maximum Gasteiger partial charge on any atom is 0.258 e. The Hall–Kier alpha value is -1.86. The van der Waals surface area contributed by atoms with Crippen LogP contribution in [0.15, 0.2) is 23.0 Å². The third-order valence-electron chi connectivity index (χ3n) is 3.87. The molecule has 1 saturated heterocycles. The summed E-state index contributed by atoms with van der Waals surface area (Å²) in [5.41, 5.74) is 0.889. The zero-order valence-electron chi connectivity index (χ0n) is 12.9.